The van der Waals surface area contributed by atoms with Crippen molar-refractivity contribution in [3.8, 4) is 16.9 Å². The minimum Gasteiger partial charge on any atom is -0.507 e. The number of rotatable bonds is 2. The molecule has 0 radical (unpaired) electrons. The molecule has 2 heteroatoms. The molecule has 2 aromatic rings. The molecule has 0 unspecified atom stereocenters. The van der Waals surface area contributed by atoms with Gasteiger partial charge in [-0.3, -0.25) is 4.79 Å². The van der Waals surface area contributed by atoms with E-state index in [1.165, 1.54) is 0 Å². The Bertz CT molecular complexity index is 592. The Balaban J connectivity index is 2.50. The van der Waals surface area contributed by atoms with E-state index in [2.05, 4.69) is 0 Å². The summed E-state index contributed by atoms with van der Waals surface area (Å²) in [5.41, 5.74) is 1.80. The lowest BCUT2D eigenvalue weighted by Gasteiger charge is -2.17. The number of aromatic hydroxyl groups is 1. The average Bonchev–Trinajstić information content (AvgIpc) is 2.38. The van der Waals surface area contributed by atoms with Gasteiger partial charge in [0, 0.05) is 16.5 Å². The summed E-state index contributed by atoms with van der Waals surface area (Å²) in [6, 6.07) is 14.6. The summed E-state index contributed by atoms with van der Waals surface area (Å²) in [6.07, 6.45) is 0. The zero-order chi connectivity index (χ0) is 14.0. The molecule has 19 heavy (non-hydrogen) atoms. The minimum absolute atomic E-state index is 0.0738. The molecular weight excluding hydrogens is 236 g/mol. The van der Waals surface area contributed by atoms with E-state index >= 15 is 0 Å². The van der Waals surface area contributed by atoms with E-state index < -0.39 is 5.41 Å². The van der Waals surface area contributed by atoms with Crippen molar-refractivity contribution in [3.63, 3.8) is 0 Å². The van der Waals surface area contributed by atoms with Gasteiger partial charge >= 0.3 is 0 Å². The second-order valence-electron chi connectivity index (χ2n) is 5.68. The van der Waals surface area contributed by atoms with Crippen LogP contribution < -0.4 is 0 Å². The van der Waals surface area contributed by atoms with Gasteiger partial charge in [-0.05, 0) is 23.8 Å². The van der Waals surface area contributed by atoms with Gasteiger partial charge in [0.15, 0.2) is 5.78 Å². The third kappa shape index (κ3) is 2.84. The Morgan fingerprint density at radius 3 is 2.21 bits per heavy atom. The number of carbonyl (C=O) groups is 1. The lowest BCUT2D eigenvalue weighted by atomic mass is 9.85. The monoisotopic (exact) mass is 254 g/mol. The van der Waals surface area contributed by atoms with E-state index in [1.54, 1.807) is 18.2 Å². The first-order valence-corrected chi connectivity index (χ1v) is 6.33. The molecule has 1 N–H and O–H groups in total. The summed E-state index contributed by atoms with van der Waals surface area (Å²) in [7, 11) is 0. The van der Waals surface area contributed by atoms with Crippen LogP contribution in [0.2, 0.25) is 0 Å². The van der Waals surface area contributed by atoms with Crippen LogP contribution in [0.4, 0.5) is 0 Å². The van der Waals surface area contributed by atoms with Crippen molar-refractivity contribution < 1.29 is 9.90 Å². The fourth-order valence-electron chi connectivity index (χ4n) is 1.96. The molecule has 0 aliphatic carbocycles. The fourth-order valence-corrected chi connectivity index (χ4v) is 1.96. The van der Waals surface area contributed by atoms with E-state index in [0.717, 1.165) is 5.56 Å². The third-order valence-corrected chi connectivity index (χ3v) is 3.02. The van der Waals surface area contributed by atoms with Crippen LogP contribution in [-0.2, 0) is 0 Å². The summed E-state index contributed by atoms with van der Waals surface area (Å²) in [4.78, 5) is 12.3. The summed E-state index contributed by atoms with van der Waals surface area (Å²) >= 11 is 0. The van der Waals surface area contributed by atoms with Crippen LogP contribution in [0.5, 0.6) is 5.75 Å². The summed E-state index contributed by atoms with van der Waals surface area (Å²) < 4.78 is 0. The standard InChI is InChI=1S/C17H18O2/c1-17(2,3)16(19)13-9-10-15(18)14(11-13)12-7-5-4-6-8-12/h4-11,18H,1-3H3. The highest BCUT2D eigenvalue weighted by atomic mass is 16.3. The van der Waals surface area contributed by atoms with Crippen molar-refractivity contribution in [2.75, 3.05) is 0 Å². The first-order chi connectivity index (χ1) is 8.89. The van der Waals surface area contributed by atoms with Gasteiger partial charge in [0.05, 0.1) is 0 Å². The number of carbonyl (C=O) groups excluding carboxylic acids is 1. The molecule has 98 valence electrons. The Kier molecular flexibility index (Phi) is 3.43. The maximum atomic E-state index is 12.3. The van der Waals surface area contributed by atoms with E-state index in [-0.39, 0.29) is 11.5 Å². The zero-order valence-corrected chi connectivity index (χ0v) is 11.5. The van der Waals surface area contributed by atoms with Crippen LogP contribution in [0.1, 0.15) is 31.1 Å². The number of hydrogen-bond donors (Lipinski definition) is 1. The van der Waals surface area contributed by atoms with Crippen molar-refractivity contribution in [1.82, 2.24) is 0 Å². The number of ketones is 1. The molecule has 2 rings (SSSR count). The average molecular weight is 254 g/mol. The van der Waals surface area contributed by atoms with Crippen LogP contribution in [-0.4, -0.2) is 10.9 Å². The van der Waals surface area contributed by atoms with Crippen molar-refractivity contribution in [1.29, 1.82) is 0 Å². The topological polar surface area (TPSA) is 37.3 Å². The maximum absolute atomic E-state index is 12.3. The number of hydrogen-bond acceptors (Lipinski definition) is 2. The molecule has 0 heterocycles. The lowest BCUT2D eigenvalue weighted by Crippen LogP contribution is -2.20. The largest absolute Gasteiger partial charge is 0.507 e. The summed E-state index contributed by atoms with van der Waals surface area (Å²) in [6.45, 7) is 5.68. The third-order valence-electron chi connectivity index (χ3n) is 3.02. The zero-order valence-electron chi connectivity index (χ0n) is 11.5. The molecule has 0 aliphatic rings. The quantitative estimate of drug-likeness (QED) is 0.812. The normalized spacial score (nSPS) is 11.3. The van der Waals surface area contributed by atoms with Crippen molar-refractivity contribution in [3.05, 3.63) is 54.1 Å². The number of Topliss-reactive ketones (excluding diaryl/α,β-unsaturated/α-hetero) is 1. The van der Waals surface area contributed by atoms with E-state index in [4.69, 9.17) is 0 Å². The van der Waals surface area contributed by atoms with E-state index in [9.17, 15) is 9.90 Å². The van der Waals surface area contributed by atoms with Gasteiger partial charge in [0.2, 0.25) is 0 Å². The Labute approximate surface area is 113 Å². The molecule has 0 spiro atoms. The molecule has 0 bridgehead atoms. The molecule has 0 fully saturated rings. The van der Waals surface area contributed by atoms with Crippen molar-refractivity contribution >= 4 is 5.78 Å². The van der Waals surface area contributed by atoms with Gasteiger partial charge in [-0.2, -0.15) is 0 Å². The smallest absolute Gasteiger partial charge is 0.168 e. The molecule has 0 aliphatic heterocycles. The highest BCUT2D eigenvalue weighted by Crippen LogP contribution is 2.31. The summed E-state index contributed by atoms with van der Waals surface area (Å²) in [5, 5.41) is 9.96. The molecule has 2 nitrogen and oxygen atoms in total. The second kappa shape index (κ2) is 4.88. The maximum Gasteiger partial charge on any atom is 0.168 e. The van der Waals surface area contributed by atoms with Gasteiger partial charge in [-0.25, -0.2) is 0 Å². The first-order valence-electron chi connectivity index (χ1n) is 6.33. The highest BCUT2D eigenvalue weighted by Gasteiger charge is 2.23. The number of phenolic OH excluding ortho intramolecular Hbond substituents is 1. The van der Waals surface area contributed by atoms with Crippen LogP contribution in [0, 0.1) is 5.41 Å². The second-order valence-corrected chi connectivity index (χ2v) is 5.68. The molecule has 0 saturated carbocycles. The molecule has 0 saturated heterocycles. The SMILES string of the molecule is CC(C)(C)C(=O)c1ccc(O)c(-c2ccccc2)c1. The van der Waals surface area contributed by atoms with Gasteiger partial charge in [-0.1, -0.05) is 51.1 Å². The van der Waals surface area contributed by atoms with Gasteiger partial charge in [-0.15, -0.1) is 0 Å². The molecule has 0 amide bonds. The molecule has 0 atom stereocenters. The molecular formula is C17H18O2. The van der Waals surface area contributed by atoms with Crippen LogP contribution >= 0.6 is 0 Å². The van der Waals surface area contributed by atoms with Crippen LogP contribution in [0.3, 0.4) is 0 Å². The predicted octanol–water partition coefficient (Wildman–Crippen LogP) is 4.29. The minimum atomic E-state index is -0.426. The van der Waals surface area contributed by atoms with Gasteiger partial charge in [0.25, 0.3) is 0 Å². The lowest BCUT2D eigenvalue weighted by molar-refractivity contribution is 0.0858. The molecule has 2 aromatic carbocycles. The number of phenols is 1. The Morgan fingerprint density at radius 2 is 1.63 bits per heavy atom. The van der Waals surface area contributed by atoms with E-state index in [1.807, 2.05) is 51.1 Å². The van der Waals surface area contributed by atoms with Crippen LogP contribution in [0.15, 0.2) is 48.5 Å². The van der Waals surface area contributed by atoms with Crippen LogP contribution in [0.25, 0.3) is 11.1 Å². The molecule has 0 aromatic heterocycles. The summed E-state index contributed by atoms with van der Waals surface area (Å²) in [5.74, 6) is 0.265. The van der Waals surface area contributed by atoms with Gasteiger partial charge in [0.1, 0.15) is 5.75 Å². The fraction of sp³-hybridized carbons (Fsp3) is 0.235. The van der Waals surface area contributed by atoms with Gasteiger partial charge < -0.3 is 5.11 Å². The van der Waals surface area contributed by atoms with Crippen molar-refractivity contribution in [2.24, 2.45) is 5.41 Å². The Morgan fingerprint density at radius 1 is 1.00 bits per heavy atom. The predicted molar refractivity (Wildman–Crippen MR) is 77.3 cm³/mol. The first kappa shape index (κ1) is 13.3. The Hall–Kier alpha value is -2.09. The van der Waals surface area contributed by atoms with E-state index in [0.29, 0.717) is 11.1 Å². The van der Waals surface area contributed by atoms with Crippen molar-refractivity contribution in [2.45, 2.75) is 20.8 Å². The number of benzene rings is 2. The highest BCUT2D eigenvalue weighted by molar-refractivity contribution is 6.01.